The molecule has 0 bridgehead atoms. The number of aliphatic hydroxyl groups is 2. The third-order valence-electron chi connectivity index (χ3n) is 0.140. The van der Waals surface area contributed by atoms with Crippen LogP contribution in [0.15, 0.2) is 0 Å². The Bertz CT molecular complexity index is 90.6. The van der Waals surface area contributed by atoms with Crippen molar-refractivity contribution in [2.24, 2.45) is 0 Å². The van der Waals surface area contributed by atoms with E-state index in [2.05, 4.69) is 4.31 Å². The molecule has 0 saturated carbocycles. The van der Waals surface area contributed by atoms with E-state index in [0.717, 1.165) is 14.2 Å². The van der Waals surface area contributed by atoms with E-state index in [-0.39, 0.29) is 0 Å². The van der Waals surface area contributed by atoms with Crippen molar-refractivity contribution in [2.75, 3.05) is 14.2 Å². The molecule has 0 rings (SSSR count). The zero-order valence-electron chi connectivity index (χ0n) is 5.91. The summed E-state index contributed by atoms with van der Waals surface area (Å²) in [6.45, 7) is 0. The highest BCUT2D eigenvalue weighted by atomic mass is 31.2. The number of rotatable bonds is 2. The van der Waals surface area contributed by atoms with Crippen molar-refractivity contribution in [3.63, 3.8) is 0 Å². The first kappa shape index (κ1) is 17.2. The maximum atomic E-state index is 9.39. The smallest absolute Gasteiger partial charge is 0.400 e. The van der Waals surface area contributed by atoms with Crippen LogP contribution in [0, 0.1) is 0 Å². The van der Waals surface area contributed by atoms with Crippen molar-refractivity contribution >= 4 is 16.5 Å². The van der Waals surface area contributed by atoms with E-state index in [1.165, 1.54) is 0 Å². The van der Waals surface area contributed by atoms with E-state index in [0.29, 0.717) is 0 Å². The second kappa shape index (κ2) is 16.5. The predicted octanol–water partition coefficient (Wildman–Crippen LogP) is -0.481. The van der Waals surface area contributed by atoms with Gasteiger partial charge in [0.15, 0.2) is 4.31 Å². The molecule has 0 amide bonds. The van der Waals surface area contributed by atoms with Crippen LogP contribution >= 0.6 is 16.5 Å². The highest BCUT2D eigenvalue weighted by molar-refractivity contribution is 7.46. The fourth-order valence-electron chi connectivity index (χ4n) is 0.0598. The lowest BCUT2D eigenvalue weighted by atomic mass is 11.8. The van der Waals surface area contributed by atoms with E-state index >= 15 is 0 Å². The summed E-state index contributed by atoms with van der Waals surface area (Å²) in [7, 11) is -3.85. The molecule has 0 heterocycles. The van der Waals surface area contributed by atoms with Crippen LogP contribution < -0.4 is 0 Å². The SMILES string of the molecule is CO.CO.O=[P+](O)O[P+](=O)O. The molecule has 0 saturated heterocycles. The molecule has 0 spiro atoms. The van der Waals surface area contributed by atoms with E-state index in [4.69, 9.17) is 20.0 Å². The molecule has 0 aliphatic rings. The molecule has 7 nitrogen and oxygen atoms in total. The largest absolute Gasteiger partial charge is 0.745 e. The minimum Gasteiger partial charge on any atom is -0.400 e. The van der Waals surface area contributed by atoms with Crippen LogP contribution in [-0.4, -0.2) is 34.2 Å². The van der Waals surface area contributed by atoms with Crippen molar-refractivity contribution in [1.82, 2.24) is 0 Å². The Balaban J connectivity index is -0.000000138. The Labute approximate surface area is 65.2 Å². The molecule has 0 radical (unpaired) electrons. The van der Waals surface area contributed by atoms with Gasteiger partial charge in [-0.2, -0.15) is 0 Å². The zero-order valence-corrected chi connectivity index (χ0v) is 7.70. The van der Waals surface area contributed by atoms with Crippen LogP contribution in [0.4, 0.5) is 0 Å². The van der Waals surface area contributed by atoms with E-state index in [1.807, 2.05) is 0 Å². The van der Waals surface area contributed by atoms with Crippen LogP contribution in [0.5, 0.6) is 0 Å². The zero-order chi connectivity index (χ0) is 9.86. The second-order valence-corrected chi connectivity index (χ2v) is 2.16. The monoisotopic (exact) mass is 208 g/mol. The molecule has 4 N–H and O–H groups in total. The molecule has 0 aliphatic carbocycles. The lowest BCUT2D eigenvalue weighted by molar-refractivity contribution is 0.371. The van der Waals surface area contributed by atoms with Gasteiger partial charge in [0.05, 0.1) is 0 Å². The van der Waals surface area contributed by atoms with Gasteiger partial charge in [0, 0.05) is 23.3 Å². The van der Waals surface area contributed by atoms with Gasteiger partial charge in [-0.05, 0) is 0 Å². The van der Waals surface area contributed by atoms with Gasteiger partial charge in [-0.1, -0.05) is 0 Å². The number of aliphatic hydroxyl groups excluding tert-OH is 2. The minimum absolute atomic E-state index is 1.00. The van der Waals surface area contributed by atoms with Gasteiger partial charge in [0.2, 0.25) is 0 Å². The summed E-state index contributed by atoms with van der Waals surface area (Å²) in [5.41, 5.74) is 0. The highest BCUT2D eigenvalue weighted by Gasteiger charge is 2.31. The molecule has 9 heteroatoms. The van der Waals surface area contributed by atoms with Crippen LogP contribution in [0.25, 0.3) is 0 Å². The third kappa shape index (κ3) is 40.0. The van der Waals surface area contributed by atoms with E-state index in [1.54, 1.807) is 0 Å². The molecule has 11 heavy (non-hydrogen) atoms. The highest BCUT2D eigenvalue weighted by Crippen LogP contribution is 2.30. The van der Waals surface area contributed by atoms with E-state index < -0.39 is 16.5 Å². The van der Waals surface area contributed by atoms with Gasteiger partial charge >= 0.3 is 16.5 Å². The Morgan fingerprint density at radius 1 is 0.909 bits per heavy atom. The van der Waals surface area contributed by atoms with Gasteiger partial charge in [-0.15, -0.1) is 9.79 Å². The number of hydrogen-bond acceptors (Lipinski definition) is 5. The summed E-state index contributed by atoms with van der Waals surface area (Å²) in [6, 6.07) is 0. The van der Waals surface area contributed by atoms with Crippen molar-refractivity contribution < 1.29 is 33.4 Å². The second-order valence-electron chi connectivity index (χ2n) is 0.557. The molecule has 0 aliphatic heterocycles. The molecular formula is C2H10O7P2+2. The van der Waals surface area contributed by atoms with Crippen LogP contribution in [-0.2, 0) is 13.4 Å². The Hall–Kier alpha value is -0.0000000000000000763. The molecule has 0 aromatic heterocycles. The Kier molecular flexibility index (Phi) is 25.8. The van der Waals surface area contributed by atoms with Crippen LogP contribution in [0.3, 0.4) is 0 Å². The molecule has 2 atom stereocenters. The fraction of sp³-hybridized carbons (Fsp3) is 1.00. The van der Waals surface area contributed by atoms with Gasteiger partial charge in [-0.3, -0.25) is 0 Å². The first-order valence-electron chi connectivity index (χ1n) is 2.02. The summed E-state index contributed by atoms with van der Waals surface area (Å²) in [4.78, 5) is 15.3. The van der Waals surface area contributed by atoms with Crippen molar-refractivity contribution in [3.8, 4) is 0 Å². The Morgan fingerprint density at radius 3 is 1.09 bits per heavy atom. The normalized spacial score (nSPS) is 9.64. The third-order valence-corrected chi connectivity index (χ3v) is 1.26. The summed E-state index contributed by atoms with van der Waals surface area (Å²) in [5.74, 6) is 0. The molecule has 0 fully saturated rings. The molecular weight excluding hydrogens is 198 g/mol. The quantitative estimate of drug-likeness (QED) is 0.451. The molecule has 0 aromatic carbocycles. The maximum Gasteiger partial charge on any atom is 0.745 e. The molecule has 0 aromatic rings. The topological polar surface area (TPSA) is 124 Å². The van der Waals surface area contributed by atoms with Crippen LogP contribution in [0.1, 0.15) is 0 Å². The number of hydrogen-bond donors (Lipinski definition) is 4. The predicted molar refractivity (Wildman–Crippen MR) is 37.0 cm³/mol. The maximum absolute atomic E-state index is 9.39. The van der Waals surface area contributed by atoms with Gasteiger partial charge in [-0.25, -0.2) is 0 Å². The van der Waals surface area contributed by atoms with Gasteiger partial charge < -0.3 is 10.2 Å². The standard InChI is InChI=1S/2CH4O.O5P2/c2*1-2;1-6(2)5-7(3)4/h2*2H,1H3;/p+2. The average molecular weight is 208 g/mol. The van der Waals surface area contributed by atoms with Crippen LogP contribution in [0.2, 0.25) is 0 Å². The molecule has 2 unspecified atom stereocenters. The first-order chi connectivity index (χ1) is 5.13. The van der Waals surface area contributed by atoms with E-state index in [9.17, 15) is 9.13 Å². The molecule has 68 valence electrons. The van der Waals surface area contributed by atoms with Crippen molar-refractivity contribution in [1.29, 1.82) is 0 Å². The van der Waals surface area contributed by atoms with Crippen molar-refractivity contribution in [2.45, 2.75) is 0 Å². The van der Waals surface area contributed by atoms with Gasteiger partial charge in [0.25, 0.3) is 0 Å². The minimum atomic E-state index is -2.92. The Morgan fingerprint density at radius 2 is 1.09 bits per heavy atom. The summed E-state index contributed by atoms with van der Waals surface area (Å²) in [5, 5.41) is 14.0. The summed E-state index contributed by atoms with van der Waals surface area (Å²) in [6.07, 6.45) is 0. The lowest BCUT2D eigenvalue weighted by Crippen LogP contribution is -1.58. The average Bonchev–Trinajstić information content (AvgIpc) is 1.93. The summed E-state index contributed by atoms with van der Waals surface area (Å²) < 4.78 is 22.2. The van der Waals surface area contributed by atoms with Gasteiger partial charge in [0.1, 0.15) is 0 Å². The van der Waals surface area contributed by atoms with Crippen molar-refractivity contribution in [3.05, 3.63) is 0 Å². The summed E-state index contributed by atoms with van der Waals surface area (Å²) >= 11 is 0. The fourth-order valence-corrected chi connectivity index (χ4v) is 0.538. The first-order valence-corrected chi connectivity index (χ1v) is 4.29. The lowest BCUT2D eigenvalue weighted by Gasteiger charge is -1.50.